The highest BCUT2D eigenvalue weighted by Crippen LogP contribution is 2.37. The van der Waals surface area contributed by atoms with Gasteiger partial charge in [-0.15, -0.1) is 0 Å². The van der Waals surface area contributed by atoms with Crippen molar-refractivity contribution in [1.82, 2.24) is 9.21 Å². The van der Waals surface area contributed by atoms with Gasteiger partial charge in [0.05, 0.1) is 17.8 Å². The van der Waals surface area contributed by atoms with Crippen molar-refractivity contribution in [2.45, 2.75) is 4.90 Å². The Morgan fingerprint density at radius 2 is 1.79 bits per heavy atom. The third-order valence-corrected chi connectivity index (χ3v) is 7.66. The van der Waals surface area contributed by atoms with Crippen LogP contribution in [-0.4, -0.2) is 75.9 Å². The standard InChI is InChI=1S/C21H22ClN3O7S/c1-30-14-2-4-15(5-3-14)31-13-21(27)24-6-8-25(9-7-24)33(28,29)19-11-18-17(10-16(19)22)23-20(26)12-32-18/h2-5,10-11H,6-9,12-13H2,1H3,(H,23,26). The number of ether oxygens (including phenoxy) is 3. The van der Waals surface area contributed by atoms with Gasteiger partial charge in [0.15, 0.2) is 13.2 Å². The molecule has 0 unspecified atom stereocenters. The van der Waals surface area contributed by atoms with Crippen LogP contribution in [0.5, 0.6) is 17.2 Å². The van der Waals surface area contributed by atoms with Crippen LogP contribution in [0.25, 0.3) is 0 Å². The SMILES string of the molecule is COc1ccc(OCC(=O)N2CCN(S(=O)(=O)c3cc4c(cc3Cl)NC(=O)CO4)CC2)cc1. The van der Waals surface area contributed by atoms with Crippen molar-refractivity contribution in [2.24, 2.45) is 0 Å². The van der Waals surface area contributed by atoms with Crippen molar-refractivity contribution in [1.29, 1.82) is 0 Å². The molecule has 10 nitrogen and oxygen atoms in total. The predicted molar refractivity (Wildman–Crippen MR) is 119 cm³/mol. The van der Waals surface area contributed by atoms with Crippen LogP contribution in [0, 0.1) is 0 Å². The number of halogens is 1. The molecule has 0 aromatic heterocycles. The number of fused-ring (bicyclic) bond motifs is 1. The van der Waals surface area contributed by atoms with E-state index in [9.17, 15) is 18.0 Å². The highest BCUT2D eigenvalue weighted by atomic mass is 35.5. The van der Waals surface area contributed by atoms with E-state index in [2.05, 4.69) is 5.32 Å². The maximum atomic E-state index is 13.2. The first-order valence-corrected chi connectivity index (χ1v) is 11.9. The fourth-order valence-electron chi connectivity index (χ4n) is 3.50. The number of sulfonamides is 1. The van der Waals surface area contributed by atoms with Crippen molar-refractivity contribution >= 4 is 39.1 Å². The van der Waals surface area contributed by atoms with Crippen molar-refractivity contribution in [2.75, 3.05) is 51.8 Å². The van der Waals surface area contributed by atoms with Crippen LogP contribution in [0.2, 0.25) is 5.02 Å². The van der Waals surface area contributed by atoms with Gasteiger partial charge in [-0.3, -0.25) is 9.59 Å². The summed E-state index contributed by atoms with van der Waals surface area (Å²) in [6.45, 7) is 0.313. The fourth-order valence-corrected chi connectivity index (χ4v) is 5.44. The van der Waals surface area contributed by atoms with E-state index >= 15 is 0 Å². The van der Waals surface area contributed by atoms with Crippen molar-refractivity contribution in [3.05, 3.63) is 41.4 Å². The monoisotopic (exact) mass is 495 g/mol. The van der Waals surface area contributed by atoms with Gasteiger partial charge in [-0.05, 0) is 30.3 Å². The van der Waals surface area contributed by atoms with Gasteiger partial charge in [0.2, 0.25) is 10.0 Å². The summed E-state index contributed by atoms with van der Waals surface area (Å²) in [5, 5.41) is 2.57. The van der Waals surface area contributed by atoms with E-state index in [1.165, 1.54) is 16.4 Å². The van der Waals surface area contributed by atoms with E-state index in [0.29, 0.717) is 17.2 Å². The van der Waals surface area contributed by atoms with E-state index in [1.807, 2.05) is 0 Å². The van der Waals surface area contributed by atoms with Crippen LogP contribution in [0.1, 0.15) is 0 Å². The largest absolute Gasteiger partial charge is 0.497 e. The lowest BCUT2D eigenvalue weighted by molar-refractivity contribution is -0.134. The molecule has 0 saturated carbocycles. The molecule has 33 heavy (non-hydrogen) atoms. The van der Waals surface area contributed by atoms with Crippen LogP contribution < -0.4 is 19.5 Å². The number of hydrogen-bond acceptors (Lipinski definition) is 7. The maximum Gasteiger partial charge on any atom is 0.262 e. The van der Waals surface area contributed by atoms with Crippen molar-refractivity contribution in [3.8, 4) is 17.2 Å². The van der Waals surface area contributed by atoms with Gasteiger partial charge in [0.25, 0.3) is 11.8 Å². The number of methoxy groups -OCH3 is 1. The molecule has 2 aliphatic rings. The van der Waals surface area contributed by atoms with E-state index in [4.69, 9.17) is 25.8 Å². The molecule has 4 rings (SSSR count). The summed E-state index contributed by atoms with van der Waals surface area (Å²) in [7, 11) is -2.36. The zero-order chi connectivity index (χ0) is 23.6. The van der Waals surface area contributed by atoms with Gasteiger partial charge >= 0.3 is 0 Å². The van der Waals surface area contributed by atoms with Gasteiger partial charge in [0.1, 0.15) is 22.1 Å². The van der Waals surface area contributed by atoms with Gasteiger partial charge in [-0.1, -0.05) is 11.6 Å². The highest BCUT2D eigenvalue weighted by Gasteiger charge is 2.33. The Labute approximate surface area is 196 Å². The van der Waals surface area contributed by atoms with Gasteiger partial charge < -0.3 is 24.4 Å². The molecule has 1 saturated heterocycles. The number of piperazine rings is 1. The Balaban J connectivity index is 1.36. The Bertz CT molecular complexity index is 1160. The summed E-state index contributed by atoms with van der Waals surface area (Å²) in [5.74, 6) is 0.874. The second-order valence-electron chi connectivity index (χ2n) is 7.36. The van der Waals surface area contributed by atoms with E-state index in [1.54, 1.807) is 36.3 Å². The van der Waals surface area contributed by atoms with Crippen LogP contribution in [0.3, 0.4) is 0 Å². The molecule has 12 heteroatoms. The minimum atomic E-state index is -3.92. The average molecular weight is 496 g/mol. The van der Waals surface area contributed by atoms with Gasteiger partial charge in [-0.2, -0.15) is 4.31 Å². The van der Waals surface area contributed by atoms with Gasteiger partial charge in [-0.25, -0.2) is 8.42 Å². The molecule has 0 aliphatic carbocycles. The first-order chi connectivity index (χ1) is 15.8. The third-order valence-electron chi connectivity index (χ3n) is 5.30. The molecule has 1 N–H and O–H groups in total. The second kappa shape index (κ2) is 9.46. The van der Waals surface area contributed by atoms with Crippen LogP contribution in [0.4, 0.5) is 5.69 Å². The summed E-state index contributed by atoms with van der Waals surface area (Å²) in [4.78, 5) is 25.4. The zero-order valence-electron chi connectivity index (χ0n) is 17.7. The molecule has 2 heterocycles. The molecule has 2 amide bonds. The molecular weight excluding hydrogens is 474 g/mol. The van der Waals surface area contributed by atoms with Crippen molar-refractivity contribution in [3.63, 3.8) is 0 Å². The van der Waals surface area contributed by atoms with E-state index < -0.39 is 10.0 Å². The Hall–Kier alpha value is -3.02. The smallest absolute Gasteiger partial charge is 0.262 e. The Morgan fingerprint density at radius 3 is 2.45 bits per heavy atom. The van der Waals surface area contributed by atoms with Crippen molar-refractivity contribution < 1.29 is 32.2 Å². The number of rotatable bonds is 6. The molecular formula is C21H22ClN3O7S. The number of hydrogen-bond donors (Lipinski definition) is 1. The molecule has 0 radical (unpaired) electrons. The Kier molecular flexibility index (Phi) is 6.63. The van der Waals surface area contributed by atoms with Crippen LogP contribution >= 0.6 is 11.6 Å². The number of nitrogens with zero attached hydrogens (tertiary/aromatic N) is 2. The summed E-state index contributed by atoms with van der Waals surface area (Å²) in [5.41, 5.74) is 0.322. The molecule has 2 aromatic carbocycles. The first kappa shape index (κ1) is 23.1. The highest BCUT2D eigenvalue weighted by molar-refractivity contribution is 7.89. The number of nitrogens with one attached hydrogen (secondary N) is 1. The molecule has 2 aliphatic heterocycles. The summed E-state index contributed by atoms with van der Waals surface area (Å²) in [6, 6.07) is 9.54. The molecule has 1 fully saturated rings. The topological polar surface area (TPSA) is 114 Å². The molecule has 176 valence electrons. The minimum Gasteiger partial charge on any atom is -0.497 e. The number of carbonyl (C=O) groups is 2. The van der Waals surface area contributed by atoms with E-state index in [-0.39, 0.29) is 66.9 Å². The summed E-state index contributed by atoms with van der Waals surface area (Å²) >= 11 is 6.21. The second-order valence-corrected chi connectivity index (χ2v) is 9.68. The normalized spacial score (nSPS) is 16.4. The van der Waals surface area contributed by atoms with Crippen LogP contribution in [0.15, 0.2) is 41.3 Å². The third kappa shape index (κ3) is 5.00. The Morgan fingerprint density at radius 1 is 1.12 bits per heavy atom. The lowest BCUT2D eigenvalue weighted by Crippen LogP contribution is -2.51. The fraction of sp³-hybridized carbons (Fsp3) is 0.333. The van der Waals surface area contributed by atoms with Crippen LogP contribution in [-0.2, 0) is 19.6 Å². The first-order valence-electron chi connectivity index (χ1n) is 10.1. The predicted octanol–water partition coefficient (Wildman–Crippen LogP) is 1.59. The number of amides is 2. The molecule has 2 aromatic rings. The maximum absolute atomic E-state index is 13.2. The minimum absolute atomic E-state index is 0.0223. The molecule has 0 spiro atoms. The number of carbonyl (C=O) groups excluding carboxylic acids is 2. The van der Waals surface area contributed by atoms with Gasteiger partial charge in [0, 0.05) is 32.2 Å². The lowest BCUT2D eigenvalue weighted by atomic mass is 10.2. The zero-order valence-corrected chi connectivity index (χ0v) is 19.3. The summed E-state index contributed by atoms with van der Waals surface area (Å²) in [6.07, 6.45) is 0. The average Bonchev–Trinajstić information content (AvgIpc) is 2.82. The summed E-state index contributed by atoms with van der Waals surface area (Å²) < 4.78 is 43.5. The lowest BCUT2D eigenvalue weighted by Gasteiger charge is -2.34. The number of anilines is 1. The van der Waals surface area contributed by atoms with E-state index in [0.717, 1.165) is 0 Å². The molecule has 0 atom stereocenters. The quantitative estimate of drug-likeness (QED) is 0.647. The molecule has 0 bridgehead atoms. The number of benzene rings is 2.